The second-order valence-corrected chi connectivity index (χ2v) is 3.48. The highest BCUT2D eigenvalue weighted by atomic mass is 16.5. The number of hydrogen-bond donors (Lipinski definition) is 1. The van der Waals surface area contributed by atoms with Crippen molar-refractivity contribution in [2.45, 2.75) is 44.8 Å². The smallest absolute Gasteiger partial charge is 0.0635 e. The van der Waals surface area contributed by atoms with Gasteiger partial charge in [0.15, 0.2) is 0 Å². The van der Waals surface area contributed by atoms with E-state index < -0.39 is 0 Å². The van der Waals surface area contributed by atoms with Gasteiger partial charge < -0.3 is 10.1 Å². The molecule has 74 valence electrons. The van der Waals surface area contributed by atoms with Crippen molar-refractivity contribution in [2.75, 3.05) is 13.2 Å². The zero-order valence-electron chi connectivity index (χ0n) is 8.25. The summed E-state index contributed by atoms with van der Waals surface area (Å²) < 4.78 is 5.56. The Morgan fingerprint density at radius 1 is 1.62 bits per heavy atom. The SMILES string of the molecule is CCC1CC(NCCC#N)CCO1. The molecule has 0 aromatic carbocycles. The van der Waals surface area contributed by atoms with E-state index in [0.29, 0.717) is 18.6 Å². The highest BCUT2D eigenvalue weighted by molar-refractivity contribution is 4.78. The van der Waals surface area contributed by atoms with Crippen LogP contribution in [-0.4, -0.2) is 25.3 Å². The van der Waals surface area contributed by atoms with Crippen molar-refractivity contribution in [1.82, 2.24) is 5.32 Å². The van der Waals surface area contributed by atoms with Crippen molar-refractivity contribution >= 4 is 0 Å². The van der Waals surface area contributed by atoms with Gasteiger partial charge in [0.25, 0.3) is 0 Å². The third-order valence-corrected chi connectivity index (χ3v) is 2.49. The summed E-state index contributed by atoms with van der Waals surface area (Å²) in [7, 11) is 0. The third-order valence-electron chi connectivity index (χ3n) is 2.49. The van der Waals surface area contributed by atoms with E-state index in [-0.39, 0.29) is 0 Å². The molecule has 0 spiro atoms. The van der Waals surface area contributed by atoms with Crippen molar-refractivity contribution in [3.8, 4) is 6.07 Å². The van der Waals surface area contributed by atoms with Crippen molar-refractivity contribution in [1.29, 1.82) is 5.26 Å². The Kier molecular flexibility index (Phi) is 4.81. The van der Waals surface area contributed by atoms with Crippen LogP contribution in [0.1, 0.15) is 32.6 Å². The fourth-order valence-corrected chi connectivity index (χ4v) is 1.68. The Labute approximate surface area is 80.1 Å². The fourth-order valence-electron chi connectivity index (χ4n) is 1.68. The lowest BCUT2D eigenvalue weighted by Gasteiger charge is -2.29. The number of ether oxygens (including phenoxy) is 1. The lowest BCUT2D eigenvalue weighted by atomic mass is 10.0. The normalized spacial score (nSPS) is 28.3. The van der Waals surface area contributed by atoms with E-state index in [4.69, 9.17) is 10.00 Å². The van der Waals surface area contributed by atoms with Gasteiger partial charge in [-0.05, 0) is 19.3 Å². The van der Waals surface area contributed by atoms with Crippen LogP contribution in [0, 0.1) is 11.3 Å². The van der Waals surface area contributed by atoms with Gasteiger partial charge >= 0.3 is 0 Å². The molecule has 0 aromatic rings. The van der Waals surface area contributed by atoms with Crippen LogP contribution in [0.5, 0.6) is 0 Å². The molecule has 0 radical (unpaired) electrons. The zero-order valence-corrected chi connectivity index (χ0v) is 8.25. The zero-order chi connectivity index (χ0) is 9.52. The molecule has 0 bridgehead atoms. The Morgan fingerprint density at radius 3 is 3.15 bits per heavy atom. The van der Waals surface area contributed by atoms with Crippen molar-refractivity contribution in [3.05, 3.63) is 0 Å². The number of nitriles is 1. The molecule has 1 heterocycles. The van der Waals surface area contributed by atoms with Gasteiger partial charge in [-0.2, -0.15) is 5.26 Å². The first-order valence-corrected chi connectivity index (χ1v) is 5.08. The molecule has 0 amide bonds. The molecule has 1 aliphatic heterocycles. The van der Waals surface area contributed by atoms with Crippen LogP contribution in [0.3, 0.4) is 0 Å². The van der Waals surface area contributed by atoms with Gasteiger partial charge in [0, 0.05) is 25.6 Å². The summed E-state index contributed by atoms with van der Waals surface area (Å²) in [5.74, 6) is 0. The minimum atomic E-state index is 0.424. The number of rotatable bonds is 4. The van der Waals surface area contributed by atoms with E-state index in [9.17, 15) is 0 Å². The molecule has 1 rings (SSSR count). The highest BCUT2D eigenvalue weighted by Gasteiger charge is 2.20. The van der Waals surface area contributed by atoms with Crippen LogP contribution in [-0.2, 0) is 4.74 Å². The first kappa shape index (κ1) is 10.5. The molecule has 1 saturated heterocycles. The molecule has 1 aliphatic rings. The van der Waals surface area contributed by atoms with Gasteiger partial charge in [0.1, 0.15) is 0 Å². The predicted molar refractivity (Wildman–Crippen MR) is 51.3 cm³/mol. The summed E-state index contributed by atoms with van der Waals surface area (Å²) in [5.41, 5.74) is 0. The maximum absolute atomic E-state index is 8.38. The van der Waals surface area contributed by atoms with Gasteiger partial charge in [0.05, 0.1) is 12.2 Å². The second-order valence-electron chi connectivity index (χ2n) is 3.48. The first-order chi connectivity index (χ1) is 6.36. The van der Waals surface area contributed by atoms with E-state index in [2.05, 4.69) is 18.3 Å². The first-order valence-electron chi connectivity index (χ1n) is 5.08. The van der Waals surface area contributed by atoms with Gasteiger partial charge in [-0.25, -0.2) is 0 Å². The Hall–Kier alpha value is -0.590. The molecule has 3 nitrogen and oxygen atoms in total. The van der Waals surface area contributed by atoms with Gasteiger partial charge in [-0.15, -0.1) is 0 Å². The summed E-state index contributed by atoms with van der Waals surface area (Å²) in [4.78, 5) is 0. The molecule has 0 saturated carbocycles. The molecule has 0 aliphatic carbocycles. The van der Waals surface area contributed by atoms with E-state index in [1.54, 1.807) is 0 Å². The summed E-state index contributed by atoms with van der Waals surface area (Å²) in [5, 5.41) is 11.8. The topological polar surface area (TPSA) is 45.0 Å². The predicted octanol–water partition coefficient (Wildman–Crippen LogP) is 1.45. The molecule has 13 heavy (non-hydrogen) atoms. The molecular weight excluding hydrogens is 164 g/mol. The standard InChI is InChI=1S/C10H18N2O/c1-2-10-8-9(4-7-13-10)12-6-3-5-11/h9-10,12H,2-4,6-8H2,1H3. The lowest BCUT2D eigenvalue weighted by molar-refractivity contribution is 0.000160. The maximum atomic E-state index is 8.38. The molecular formula is C10H18N2O. The van der Waals surface area contributed by atoms with E-state index in [1.807, 2.05) is 0 Å². The minimum absolute atomic E-state index is 0.424. The molecule has 2 unspecified atom stereocenters. The van der Waals surface area contributed by atoms with Gasteiger partial charge in [-0.1, -0.05) is 6.92 Å². The van der Waals surface area contributed by atoms with Crippen LogP contribution >= 0.6 is 0 Å². The Bertz CT molecular complexity index is 176. The van der Waals surface area contributed by atoms with Gasteiger partial charge in [-0.3, -0.25) is 0 Å². The van der Waals surface area contributed by atoms with Crippen LogP contribution in [0.25, 0.3) is 0 Å². The van der Waals surface area contributed by atoms with Crippen LogP contribution in [0.4, 0.5) is 0 Å². The Balaban J connectivity index is 2.15. The third kappa shape index (κ3) is 3.75. The molecule has 1 N–H and O–H groups in total. The number of hydrogen-bond acceptors (Lipinski definition) is 3. The Morgan fingerprint density at radius 2 is 2.46 bits per heavy atom. The van der Waals surface area contributed by atoms with Crippen molar-refractivity contribution in [2.24, 2.45) is 0 Å². The summed E-state index contributed by atoms with van der Waals surface area (Å²) >= 11 is 0. The number of nitrogens with one attached hydrogen (secondary N) is 1. The van der Waals surface area contributed by atoms with Crippen molar-refractivity contribution in [3.63, 3.8) is 0 Å². The molecule has 1 fully saturated rings. The minimum Gasteiger partial charge on any atom is -0.378 e. The molecule has 0 aromatic heterocycles. The second kappa shape index (κ2) is 5.95. The van der Waals surface area contributed by atoms with Crippen LogP contribution in [0.15, 0.2) is 0 Å². The highest BCUT2D eigenvalue weighted by Crippen LogP contribution is 2.15. The quantitative estimate of drug-likeness (QED) is 0.669. The summed E-state index contributed by atoms with van der Waals surface area (Å²) in [6.07, 6.45) is 4.31. The van der Waals surface area contributed by atoms with Crippen LogP contribution in [0.2, 0.25) is 0 Å². The van der Waals surface area contributed by atoms with E-state index >= 15 is 0 Å². The largest absolute Gasteiger partial charge is 0.378 e. The lowest BCUT2D eigenvalue weighted by Crippen LogP contribution is -2.39. The fraction of sp³-hybridized carbons (Fsp3) is 0.900. The monoisotopic (exact) mass is 182 g/mol. The van der Waals surface area contributed by atoms with E-state index in [0.717, 1.165) is 32.4 Å². The average Bonchev–Trinajstić information content (AvgIpc) is 2.19. The molecule has 3 heteroatoms. The van der Waals surface area contributed by atoms with Gasteiger partial charge in [0.2, 0.25) is 0 Å². The summed E-state index contributed by atoms with van der Waals surface area (Å²) in [6, 6.07) is 2.70. The molecule has 2 atom stereocenters. The van der Waals surface area contributed by atoms with E-state index in [1.165, 1.54) is 0 Å². The average molecular weight is 182 g/mol. The number of nitrogens with zero attached hydrogens (tertiary/aromatic N) is 1. The maximum Gasteiger partial charge on any atom is 0.0635 e. The van der Waals surface area contributed by atoms with Crippen LogP contribution < -0.4 is 5.32 Å². The summed E-state index contributed by atoms with van der Waals surface area (Å²) in [6.45, 7) is 3.84. The van der Waals surface area contributed by atoms with Crippen molar-refractivity contribution < 1.29 is 4.74 Å².